The van der Waals surface area contributed by atoms with Gasteiger partial charge in [-0.15, -0.1) is 0 Å². The van der Waals surface area contributed by atoms with Crippen LogP contribution in [0.3, 0.4) is 0 Å². The Bertz CT molecular complexity index is 434. The number of nitrogens with one attached hydrogen (secondary N) is 1. The lowest BCUT2D eigenvalue weighted by Gasteiger charge is -2.34. The van der Waals surface area contributed by atoms with E-state index in [4.69, 9.17) is 5.11 Å². The van der Waals surface area contributed by atoms with E-state index in [9.17, 15) is 18.0 Å². The number of rotatable bonds is 5. The topological polar surface area (TPSA) is 104 Å². The monoisotopic (exact) mass is 292 g/mol. The Kier molecular flexibility index (Phi) is 5.59. The number of carbonyl (C=O) groups is 2. The van der Waals surface area contributed by atoms with Crippen molar-refractivity contribution in [3.05, 3.63) is 0 Å². The molecule has 1 unspecified atom stereocenters. The predicted molar refractivity (Wildman–Crippen MR) is 69.7 cm³/mol. The number of carbonyl (C=O) groups excluding carboxylic acids is 1. The van der Waals surface area contributed by atoms with Crippen molar-refractivity contribution in [2.45, 2.75) is 31.7 Å². The molecule has 1 heterocycles. The molecular formula is C11H20N2O5S. The highest BCUT2D eigenvalue weighted by molar-refractivity contribution is 7.90. The number of likely N-dealkylation sites (tertiary alicyclic amines) is 1. The highest BCUT2D eigenvalue weighted by Gasteiger charge is 2.28. The van der Waals surface area contributed by atoms with E-state index >= 15 is 0 Å². The Morgan fingerprint density at radius 1 is 1.37 bits per heavy atom. The Labute approximate surface area is 112 Å². The maximum atomic E-state index is 11.9. The number of piperidine rings is 1. The summed E-state index contributed by atoms with van der Waals surface area (Å²) in [6, 6.07) is -0.681. The first-order valence-electron chi connectivity index (χ1n) is 6.23. The van der Waals surface area contributed by atoms with Crippen molar-refractivity contribution >= 4 is 21.8 Å². The maximum Gasteiger partial charge on any atom is 0.317 e. The molecule has 0 aromatic heterocycles. The van der Waals surface area contributed by atoms with Gasteiger partial charge in [0, 0.05) is 25.4 Å². The third-order valence-electron chi connectivity index (χ3n) is 3.05. The number of urea groups is 1. The zero-order valence-corrected chi connectivity index (χ0v) is 11.8. The van der Waals surface area contributed by atoms with Crippen LogP contribution in [0.25, 0.3) is 0 Å². The summed E-state index contributed by atoms with van der Waals surface area (Å²) in [6.07, 6.45) is 3.46. The van der Waals surface area contributed by atoms with Crippen molar-refractivity contribution in [2.24, 2.45) is 0 Å². The van der Waals surface area contributed by atoms with Gasteiger partial charge in [0.05, 0.1) is 12.2 Å². The van der Waals surface area contributed by atoms with Crippen LogP contribution in [0.15, 0.2) is 0 Å². The minimum absolute atomic E-state index is 0.0496. The van der Waals surface area contributed by atoms with E-state index < -0.39 is 15.8 Å². The van der Waals surface area contributed by atoms with Crippen molar-refractivity contribution < 1.29 is 23.1 Å². The van der Waals surface area contributed by atoms with Crippen LogP contribution in [0.4, 0.5) is 4.79 Å². The van der Waals surface area contributed by atoms with Crippen LogP contribution >= 0.6 is 0 Å². The summed E-state index contributed by atoms with van der Waals surface area (Å²) in [7, 11) is -3.11. The molecule has 0 aromatic carbocycles. The summed E-state index contributed by atoms with van der Waals surface area (Å²) in [5.74, 6) is -1.04. The van der Waals surface area contributed by atoms with Crippen LogP contribution in [-0.4, -0.2) is 61.6 Å². The van der Waals surface area contributed by atoms with Gasteiger partial charge < -0.3 is 15.3 Å². The number of hydrogen-bond acceptors (Lipinski definition) is 4. The third kappa shape index (κ3) is 5.91. The van der Waals surface area contributed by atoms with E-state index in [1.807, 2.05) is 0 Å². The fourth-order valence-corrected chi connectivity index (χ4v) is 2.60. The van der Waals surface area contributed by atoms with Gasteiger partial charge in [0.1, 0.15) is 9.84 Å². The lowest BCUT2D eigenvalue weighted by atomic mass is 10.00. The van der Waals surface area contributed by atoms with Crippen molar-refractivity contribution in [1.82, 2.24) is 10.2 Å². The van der Waals surface area contributed by atoms with Crippen LogP contribution in [0.5, 0.6) is 0 Å². The molecule has 8 heteroatoms. The van der Waals surface area contributed by atoms with Crippen LogP contribution < -0.4 is 5.32 Å². The summed E-state index contributed by atoms with van der Waals surface area (Å²) in [6.45, 7) is 0.566. The van der Waals surface area contributed by atoms with E-state index in [1.165, 1.54) is 4.90 Å². The maximum absolute atomic E-state index is 11.9. The summed E-state index contributed by atoms with van der Waals surface area (Å²) in [4.78, 5) is 24.1. The lowest BCUT2D eigenvalue weighted by molar-refractivity contribution is -0.138. The van der Waals surface area contributed by atoms with Crippen LogP contribution in [0.2, 0.25) is 0 Å². The molecule has 0 aliphatic carbocycles. The molecule has 1 rings (SSSR count). The summed E-state index contributed by atoms with van der Waals surface area (Å²) in [5.41, 5.74) is 0. The van der Waals surface area contributed by atoms with Crippen LogP contribution in [-0.2, 0) is 14.6 Å². The third-order valence-corrected chi connectivity index (χ3v) is 3.99. The molecule has 2 N–H and O–H groups in total. The molecule has 0 spiro atoms. The molecule has 1 atom stereocenters. The fraction of sp³-hybridized carbons (Fsp3) is 0.818. The van der Waals surface area contributed by atoms with Gasteiger partial charge in [-0.1, -0.05) is 0 Å². The lowest BCUT2D eigenvalue weighted by Crippen LogP contribution is -2.50. The van der Waals surface area contributed by atoms with Gasteiger partial charge in [-0.2, -0.15) is 0 Å². The Hall–Kier alpha value is -1.31. The first kappa shape index (κ1) is 15.7. The molecule has 0 bridgehead atoms. The Morgan fingerprint density at radius 2 is 2.05 bits per heavy atom. The van der Waals surface area contributed by atoms with Gasteiger partial charge in [-0.25, -0.2) is 13.2 Å². The smallest absolute Gasteiger partial charge is 0.317 e. The van der Waals surface area contributed by atoms with Crippen molar-refractivity contribution in [2.75, 3.05) is 25.1 Å². The number of amides is 2. The average molecular weight is 292 g/mol. The summed E-state index contributed by atoms with van der Waals surface area (Å²) < 4.78 is 21.9. The van der Waals surface area contributed by atoms with Crippen molar-refractivity contribution in [1.29, 1.82) is 0 Å². The molecule has 1 aliphatic rings. The van der Waals surface area contributed by atoms with Gasteiger partial charge in [-0.05, 0) is 19.3 Å². The van der Waals surface area contributed by atoms with Crippen molar-refractivity contribution in [3.8, 4) is 0 Å². The number of nitrogens with zero attached hydrogens (tertiary/aromatic N) is 1. The molecule has 1 aliphatic heterocycles. The molecule has 7 nitrogen and oxygen atoms in total. The molecule has 110 valence electrons. The molecule has 2 amide bonds. The molecule has 0 aromatic rings. The molecule has 1 saturated heterocycles. The SMILES string of the molecule is CS(=O)(=O)CCNC(=O)N1CCCCC1CC(=O)O. The van der Waals surface area contributed by atoms with Crippen LogP contribution in [0.1, 0.15) is 25.7 Å². The second kappa shape index (κ2) is 6.74. The minimum atomic E-state index is -3.11. The first-order chi connectivity index (χ1) is 8.79. The first-order valence-corrected chi connectivity index (χ1v) is 8.29. The van der Waals surface area contributed by atoms with Crippen molar-refractivity contribution in [3.63, 3.8) is 0 Å². The van der Waals surface area contributed by atoms with E-state index in [2.05, 4.69) is 5.32 Å². The number of hydrogen-bond donors (Lipinski definition) is 2. The normalized spacial score (nSPS) is 20.1. The number of sulfone groups is 1. The zero-order chi connectivity index (χ0) is 14.5. The van der Waals surface area contributed by atoms with E-state index in [-0.39, 0.29) is 30.8 Å². The summed E-state index contributed by atoms with van der Waals surface area (Å²) in [5, 5.41) is 11.3. The fourth-order valence-electron chi connectivity index (χ4n) is 2.13. The predicted octanol–water partition coefficient (Wildman–Crippen LogP) is 0.0698. The quantitative estimate of drug-likeness (QED) is 0.746. The highest BCUT2D eigenvalue weighted by Crippen LogP contribution is 2.19. The zero-order valence-electron chi connectivity index (χ0n) is 11.0. The minimum Gasteiger partial charge on any atom is -0.481 e. The summed E-state index contributed by atoms with van der Waals surface area (Å²) >= 11 is 0. The molecular weight excluding hydrogens is 272 g/mol. The van der Waals surface area contributed by atoms with Crippen LogP contribution in [0, 0.1) is 0 Å². The number of aliphatic carboxylic acids is 1. The molecule has 1 fully saturated rings. The van der Waals surface area contributed by atoms with Gasteiger partial charge >= 0.3 is 12.0 Å². The molecule has 19 heavy (non-hydrogen) atoms. The molecule has 0 saturated carbocycles. The second-order valence-electron chi connectivity index (χ2n) is 4.80. The number of carboxylic acids is 1. The molecule has 0 radical (unpaired) electrons. The standard InChI is InChI=1S/C11H20N2O5S/c1-19(17,18)7-5-12-11(16)13-6-3-2-4-9(13)8-10(14)15/h9H,2-8H2,1H3,(H,12,16)(H,14,15). The van der Waals surface area contributed by atoms with Gasteiger partial charge in [0.15, 0.2) is 0 Å². The Balaban J connectivity index is 2.50. The van der Waals surface area contributed by atoms with E-state index in [0.29, 0.717) is 13.0 Å². The Morgan fingerprint density at radius 3 is 2.63 bits per heavy atom. The number of carboxylic acid groups (broad SMARTS) is 1. The van der Waals surface area contributed by atoms with E-state index in [1.54, 1.807) is 0 Å². The largest absolute Gasteiger partial charge is 0.481 e. The second-order valence-corrected chi connectivity index (χ2v) is 7.06. The van der Waals surface area contributed by atoms with E-state index in [0.717, 1.165) is 19.1 Å². The van der Waals surface area contributed by atoms with Gasteiger partial charge in [0.25, 0.3) is 0 Å². The average Bonchev–Trinajstić information content (AvgIpc) is 2.27. The van der Waals surface area contributed by atoms with Gasteiger partial charge in [-0.3, -0.25) is 4.79 Å². The van der Waals surface area contributed by atoms with Gasteiger partial charge in [0.2, 0.25) is 0 Å². The highest BCUT2D eigenvalue weighted by atomic mass is 32.2.